The predicted octanol–water partition coefficient (Wildman–Crippen LogP) is 0.289. The van der Waals surface area contributed by atoms with Crippen molar-refractivity contribution in [3.63, 3.8) is 0 Å². The van der Waals surface area contributed by atoms with Crippen LogP contribution in [0.25, 0.3) is 0 Å². The van der Waals surface area contributed by atoms with E-state index < -0.39 is 10.0 Å². The highest BCUT2D eigenvalue weighted by Gasteiger charge is 2.32. The van der Waals surface area contributed by atoms with Crippen molar-refractivity contribution >= 4 is 10.0 Å². The third-order valence-electron chi connectivity index (χ3n) is 3.72. The number of nitrogens with zero attached hydrogens (tertiary/aromatic N) is 3. The third-order valence-corrected chi connectivity index (χ3v) is 5.50. The minimum absolute atomic E-state index is 0.0480. The fourth-order valence-corrected chi connectivity index (χ4v) is 3.86. The maximum atomic E-state index is 12.5. The van der Waals surface area contributed by atoms with E-state index in [1.54, 1.807) is 6.07 Å². The normalized spacial score (nSPS) is 22.1. The second-order valence-corrected chi connectivity index (χ2v) is 6.89. The molecule has 6 nitrogen and oxygen atoms in total. The second kappa shape index (κ2) is 6.17. The molecule has 0 bridgehead atoms. The molecular weight excluding hydrogens is 278 g/mol. The van der Waals surface area contributed by atoms with Crippen LogP contribution in [0.4, 0.5) is 0 Å². The average Bonchev–Trinajstić information content (AvgIpc) is 2.47. The molecule has 1 atom stereocenters. The summed E-state index contributed by atoms with van der Waals surface area (Å²) in [6, 6.07) is 3.25. The number of piperazine rings is 1. The Morgan fingerprint density at radius 3 is 2.65 bits per heavy atom. The fraction of sp³-hybridized carbons (Fsp3) is 0.615. The first kappa shape index (κ1) is 15.4. The van der Waals surface area contributed by atoms with E-state index in [0.717, 1.165) is 13.1 Å². The highest BCUT2D eigenvalue weighted by molar-refractivity contribution is 7.89. The number of hydrogen-bond acceptors (Lipinski definition) is 5. The summed E-state index contributed by atoms with van der Waals surface area (Å²) in [6.45, 7) is 6.62. The van der Waals surface area contributed by atoms with Gasteiger partial charge in [0.25, 0.3) is 10.0 Å². The molecule has 1 unspecified atom stereocenters. The van der Waals surface area contributed by atoms with Crippen molar-refractivity contribution in [2.24, 2.45) is 0 Å². The van der Waals surface area contributed by atoms with Gasteiger partial charge >= 0.3 is 0 Å². The Balaban J connectivity index is 2.18. The van der Waals surface area contributed by atoms with Gasteiger partial charge in [0.2, 0.25) is 0 Å². The van der Waals surface area contributed by atoms with Crippen molar-refractivity contribution < 1.29 is 13.5 Å². The fourth-order valence-electron chi connectivity index (χ4n) is 2.44. The molecule has 1 aromatic rings. The number of aliphatic hydroxyl groups is 1. The Morgan fingerprint density at radius 2 is 2.15 bits per heavy atom. The molecule has 112 valence electrons. The largest absolute Gasteiger partial charge is 0.392 e. The molecule has 1 N–H and O–H groups in total. The molecule has 2 heterocycles. The quantitative estimate of drug-likeness (QED) is 0.865. The highest BCUT2D eigenvalue weighted by Crippen LogP contribution is 2.18. The van der Waals surface area contributed by atoms with Crippen molar-refractivity contribution in [2.75, 3.05) is 26.2 Å². The summed E-state index contributed by atoms with van der Waals surface area (Å²) >= 11 is 0. The third kappa shape index (κ3) is 3.01. The van der Waals surface area contributed by atoms with Gasteiger partial charge in [-0.05, 0) is 25.1 Å². The minimum atomic E-state index is -3.54. The Bertz CT molecular complexity index is 544. The molecule has 0 radical (unpaired) electrons. The number of aliphatic hydroxyl groups excluding tert-OH is 1. The molecule has 1 aromatic heterocycles. The summed E-state index contributed by atoms with van der Waals surface area (Å²) in [6.07, 6.45) is 1.40. The van der Waals surface area contributed by atoms with Crippen molar-refractivity contribution in [3.05, 3.63) is 23.9 Å². The van der Waals surface area contributed by atoms with Crippen LogP contribution in [0.5, 0.6) is 0 Å². The van der Waals surface area contributed by atoms with Crippen molar-refractivity contribution in [1.29, 1.82) is 0 Å². The summed E-state index contributed by atoms with van der Waals surface area (Å²) in [5.74, 6) is 0. The topological polar surface area (TPSA) is 73.7 Å². The van der Waals surface area contributed by atoms with Crippen LogP contribution in [0.1, 0.15) is 19.4 Å². The lowest BCUT2D eigenvalue weighted by molar-refractivity contribution is 0.135. The average molecular weight is 299 g/mol. The number of sulfonamides is 1. The molecule has 1 fully saturated rings. The number of pyridine rings is 1. The lowest BCUT2D eigenvalue weighted by atomic mass is 10.2. The zero-order valence-corrected chi connectivity index (χ0v) is 12.7. The Morgan fingerprint density at radius 1 is 1.40 bits per heavy atom. The smallest absolute Gasteiger partial charge is 0.260 e. The molecule has 20 heavy (non-hydrogen) atoms. The van der Waals surface area contributed by atoms with Crippen LogP contribution in [-0.2, 0) is 16.6 Å². The van der Waals surface area contributed by atoms with Crippen LogP contribution in [0.3, 0.4) is 0 Å². The van der Waals surface area contributed by atoms with Crippen LogP contribution >= 0.6 is 0 Å². The van der Waals surface area contributed by atoms with Crippen LogP contribution in [0.2, 0.25) is 0 Å². The number of rotatable bonds is 4. The van der Waals surface area contributed by atoms with Gasteiger partial charge in [-0.1, -0.05) is 13.0 Å². The van der Waals surface area contributed by atoms with E-state index in [4.69, 9.17) is 5.11 Å². The summed E-state index contributed by atoms with van der Waals surface area (Å²) in [4.78, 5) is 6.22. The van der Waals surface area contributed by atoms with E-state index in [1.165, 1.54) is 16.6 Å². The standard InChI is InChI=1S/C13H21N3O3S/c1-3-15-6-7-16(9-11(15)2)20(18,19)13-5-4-12(10-17)8-14-13/h4-5,8,11,17H,3,6-7,9-10H2,1-2H3. The molecule has 0 aliphatic carbocycles. The molecule has 2 rings (SSSR count). The lowest BCUT2D eigenvalue weighted by Gasteiger charge is -2.38. The number of aromatic nitrogens is 1. The molecule has 0 aromatic carbocycles. The van der Waals surface area contributed by atoms with Gasteiger partial charge in [-0.15, -0.1) is 0 Å². The molecule has 1 saturated heterocycles. The molecule has 0 amide bonds. The highest BCUT2D eigenvalue weighted by atomic mass is 32.2. The van der Waals surface area contributed by atoms with E-state index >= 15 is 0 Å². The summed E-state index contributed by atoms with van der Waals surface area (Å²) in [5.41, 5.74) is 0.605. The van der Waals surface area contributed by atoms with Crippen LogP contribution in [-0.4, -0.2) is 59.9 Å². The molecule has 0 saturated carbocycles. The van der Waals surface area contributed by atoms with Gasteiger partial charge in [0.1, 0.15) is 0 Å². The van der Waals surface area contributed by atoms with Gasteiger partial charge in [-0.2, -0.15) is 4.31 Å². The van der Waals surface area contributed by atoms with Gasteiger partial charge in [0, 0.05) is 31.9 Å². The Labute approximate surface area is 120 Å². The van der Waals surface area contributed by atoms with Crippen LogP contribution in [0.15, 0.2) is 23.4 Å². The Hall–Kier alpha value is -1.02. The predicted molar refractivity (Wildman–Crippen MR) is 75.6 cm³/mol. The van der Waals surface area contributed by atoms with E-state index in [0.29, 0.717) is 18.7 Å². The minimum Gasteiger partial charge on any atom is -0.392 e. The molecule has 0 spiro atoms. The van der Waals surface area contributed by atoms with Gasteiger partial charge in [0.05, 0.1) is 6.61 Å². The first-order valence-corrected chi connectivity index (χ1v) is 8.23. The van der Waals surface area contributed by atoms with Gasteiger partial charge in [-0.3, -0.25) is 4.90 Å². The zero-order chi connectivity index (χ0) is 14.8. The Kier molecular flexibility index (Phi) is 4.74. The van der Waals surface area contributed by atoms with Gasteiger partial charge in [-0.25, -0.2) is 13.4 Å². The van der Waals surface area contributed by atoms with E-state index in [2.05, 4.69) is 16.8 Å². The molecular formula is C13H21N3O3S. The van der Waals surface area contributed by atoms with E-state index in [-0.39, 0.29) is 17.7 Å². The second-order valence-electron chi connectivity index (χ2n) is 5.00. The van der Waals surface area contributed by atoms with Gasteiger partial charge < -0.3 is 5.11 Å². The summed E-state index contributed by atoms with van der Waals surface area (Å²) in [5, 5.41) is 9.01. The zero-order valence-electron chi connectivity index (χ0n) is 11.9. The first-order chi connectivity index (χ1) is 9.48. The molecule has 1 aliphatic heterocycles. The van der Waals surface area contributed by atoms with Crippen molar-refractivity contribution in [1.82, 2.24) is 14.2 Å². The number of hydrogen-bond donors (Lipinski definition) is 1. The summed E-state index contributed by atoms with van der Waals surface area (Å²) in [7, 11) is -3.54. The monoisotopic (exact) mass is 299 g/mol. The van der Waals surface area contributed by atoms with Crippen molar-refractivity contribution in [2.45, 2.75) is 31.5 Å². The lowest BCUT2D eigenvalue weighted by Crippen LogP contribution is -2.53. The molecule has 1 aliphatic rings. The maximum Gasteiger partial charge on any atom is 0.260 e. The maximum absolute atomic E-state index is 12.5. The van der Waals surface area contributed by atoms with E-state index in [1.807, 2.05) is 6.92 Å². The van der Waals surface area contributed by atoms with E-state index in [9.17, 15) is 8.42 Å². The van der Waals surface area contributed by atoms with Crippen molar-refractivity contribution in [3.8, 4) is 0 Å². The number of likely N-dealkylation sites (N-methyl/N-ethyl adjacent to an activating group) is 1. The molecule has 7 heteroatoms. The van der Waals surface area contributed by atoms with Gasteiger partial charge in [0.15, 0.2) is 5.03 Å². The summed E-state index contributed by atoms with van der Waals surface area (Å²) < 4.78 is 26.5. The van der Waals surface area contributed by atoms with Crippen LogP contribution < -0.4 is 0 Å². The first-order valence-electron chi connectivity index (χ1n) is 6.79. The van der Waals surface area contributed by atoms with Crippen LogP contribution in [0, 0.1) is 0 Å². The SMILES string of the molecule is CCN1CCN(S(=O)(=O)c2ccc(CO)cn2)CC1C.